The molecule has 8 nitrogen and oxygen atoms in total. The largest absolute Gasteiger partial charge is 0.487 e. The first-order valence-corrected chi connectivity index (χ1v) is 11.1. The summed E-state index contributed by atoms with van der Waals surface area (Å²) in [5, 5.41) is 9.42. The molecule has 1 aliphatic heterocycles. The summed E-state index contributed by atoms with van der Waals surface area (Å²) in [6.45, 7) is 0.292. The number of ether oxygens (including phenoxy) is 1. The number of primary sulfonamides is 1. The molecule has 0 amide bonds. The van der Waals surface area contributed by atoms with Gasteiger partial charge in [-0.15, -0.1) is 0 Å². The minimum absolute atomic E-state index is 0.0432. The highest BCUT2D eigenvalue weighted by Crippen LogP contribution is 2.30. The van der Waals surface area contributed by atoms with E-state index in [0.29, 0.717) is 28.4 Å². The molecule has 12 heteroatoms. The predicted octanol–water partition coefficient (Wildman–Crippen LogP) is 2.91. The summed E-state index contributed by atoms with van der Waals surface area (Å²) in [5.74, 6) is 0.634. The van der Waals surface area contributed by atoms with Gasteiger partial charge >= 0.3 is 6.18 Å². The van der Waals surface area contributed by atoms with E-state index in [1.165, 1.54) is 24.3 Å². The van der Waals surface area contributed by atoms with Gasteiger partial charge < -0.3 is 4.74 Å². The van der Waals surface area contributed by atoms with Crippen molar-refractivity contribution in [2.75, 3.05) is 6.54 Å². The Labute approximate surface area is 187 Å². The van der Waals surface area contributed by atoms with Gasteiger partial charge in [0.1, 0.15) is 12.4 Å². The second-order valence-corrected chi connectivity index (χ2v) is 8.77. The molecule has 33 heavy (non-hydrogen) atoms. The van der Waals surface area contributed by atoms with Crippen molar-refractivity contribution in [2.24, 2.45) is 22.2 Å². The first-order valence-electron chi connectivity index (χ1n) is 9.59. The monoisotopic (exact) mass is 477 g/mol. The van der Waals surface area contributed by atoms with Gasteiger partial charge in [0.05, 0.1) is 34.6 Å². The second-order valence-electron chi connectivity index (χ2n) is 7.21. The fourth-order valence-electron chi connectivity index (χ4n) is 3.23. The van der Waals surface area contributed by atoms with Crippen LogP contribution in [-0.4, -0.2) is 36.3 Å². The van der Waals surface area contributed by atoms with E-state index in [9.17, 15) is 21.6 Å². The second kappa shape index (κ2) is 8.45. The van der Waals surface area contributed by atoms with Crippen LogP contribution >= 0.6 is 0 Å². The standard InChI is InChI=1S/C21H18F3N5O3S/c1-29-19(12-32-15-7-5-14(6-8-15)21(22,23)24)17(10-27-29)18-11-26-20(28-18)13-3-2-4-16(9-13)33(25,30)31/h2-10H,11-12H2,1H3,(H2,25,30,31). The van der Waals surface area contributed by atoms with E-state index in [0.717, 1.165) is 12.1 Å². The maximum Gasteiger partial charge on any atom is 0.416 e. The Kier molecular flexibility index (Phi) is 5.80. The Hall–Kier alpha value is -3.51. The molecule has 1 aliphatic rings. The Morgan fingerprint density at radius 3 is 2.55 bits per heavy atom. The average Bonchev–Trinajstić information content (AvgIpc) is 3.38. The van der Waals surface area contributed by atoms with Crippen LogP contribution in [0.1, 0.15) is 22.4 Å². The van der Waals surface area contributed by atoms with Gasteiger partial charge in [-0.25, -0.2) is 18.5 Å². The number of hydrogen-bond donors (Lipinski definition) is 1. The van der Waals surface area contributed by atoms with Crippen LogP contribution in [0.4, 0.5) is 13.2 Å². The number of aliphatic imine (C=N–C) groups is 2. The smallest absolute Gasteiger partial charge is 0.416 e. The molecule has 172 valence electrons. The number of nitrogens with zero attached hydrogens (tertiary/aromatic N) is 4. The van der Waals surface area contributed by atoms with Crippen molar-refractivity contribution in [3.05, 3.63) is 77.1 Å². The Bertz CT molecular complexity index is 1360. The molecular weight excluding hydrogens is 459 g/mol. The third-order valence-corrected chi connectivity index (χ3v) is 5.88. The summed E-state index contributed by atoms with van der Waals surface area (Å²) in [6, 6.07) is 10.4. The van der Waals surface area contributed by atoms with E-state index in [4.69, 9.17) is 9.88 Å². The zero-order valence-corrected chi connectivity index (χ0v) is 18.1. The zero-order chi connectivity index (χ0) is 23.8. The van der Waals surface area contributed by atoms with Crippen LogP contribution in [0.15, 0.2) is 69.6 Å². The van der Waals surface area contributed by atoms with Crippen LogP contribution in [0.3, 0.4) is 0 Å². The van der Waals surface area contributed by atoms with E-state index < -0.39 is 21.8 Å². The fourth-order valence-corrected chi connectivity index (χ4v) is 3.79. The highest BCUT2D eigenvalue weighted by atomic mass is 32.2. The Balaban J connectivity index is 1.53. The van der Waals surface area contributed by atoms with Gasteiger partial charge in [0.15, 0.2) is 5.84 Å². The number of aromatic nitrogens is 2. The number of amidine groups is 1. The van der Waals surface area contributed by atoms with Crippen LogP contribution in [-0.2, 0) is 29.9 Å². The number of hydrogen-bond acceptors (Lipinski definition) is 6. The molecular formula is C21H18F3N5O3S. The molecule has 0 atom stereocenters. The van der Waals surface area contributed by atoms with Crippen molar-refractivity contribution in [3.63, 3.8) is 0 Å². The Morgan fingerprint density at radius 2 is 1.88 bits per heavy atom. The molecule has 3 aromatic rings. The number of halogens is 3. The number of aryl methyl sites for hydroxylation is 1. The van der Waals surface area contributed by atoms with E-state index in [2.05, 4.69) is 15.1 Å². The number of alkyl halides is 3. The maximum atomic E-state index is 12.7. The number of rotatable bonds is 6. The molecule has 2 N–H and O–H groups in total. The molecule has 0 fully saturated rings. The van der Waals surface area contributed by atoms with E-state index in [1.54, 1.807) is 30.1 Å². The predicted molar refractivity (Wildman–Crippen MR) is 115 cm³/mol. The number of nitrogens with two attached hydrogens (primary N) is 1. The molecule has 0 radical (unpaired) electrons. The van der Waals surface area contributed by atoms with Gasteiger partial charge in [0.25, 0.3) is 0 Å². The first-order chi connectivity index (χ1) is 15.5. The van der Waals surface area contributed by atoms with E-state index >= 15 is 0 Å². The minimum atomic E-state index is -4.42. The minimum Gasteiger partial charge on any atom is -0.487 e. The molecule has 2 aromatic carbocycles. The van der Waals surface area contributed by atoms with Crippen LogP contribution in [0, 0.1) is 0 Å². The van der Waals surface area contributed by atoms with Crippen molar-refractivity contribution in [1.29, 1.82) is 0 Å². The van der Waals surface area contributed by atoms with Crippen LogP contribution in [0.2, 0.25) is 0 Å². The lowest BCUT2D eigenvalue weighted by Gasteiger charge is -2.10. The van der Waals surface area contributed by atoms with Gasteiger partial charge in [-0.1, -0.05) is 12.1 Å². The van der Waals surface area contributed by atoms with Gasteiger partial charge in [-0.3, -0.25) is 9.67 Å². The van der Waals surface area contributed by atoms with Crippen molar-refractivity contribution in [2.45, 2.75) is 17.7 Å². The summed E-state index contributed by atoms with van der Waals surface area (Å²) in [6.07, 6.45) is -2.82. The average molecular weight is 477 g/mol. The molecule has 0 saturated heterocycles. The lowest BCUT2D eigenvalue weighted by atomic mass is 10.1. The van der Waals surface area contributed by atoms with Crippen LogP contribution in [0.25, 0.3) is 0 Å². The highest BCUT2D eigenvalue weighted by Gasteiger charge is 2.30. The third-order valence-electron chi connectivity index (χ3n) is 4.97. The highest BCUT2D eigenvalue weighted by molar-refractivity contribution is 7.89. The molecule has 2 heterocycles. The van der Waals surface area contributed by atoms with Gasteiger partial charge in [0.2, 0.25) is 10.0 Å². The third kappa shape index (κ3) is 4.96. The van der Waals surface area contributed by atoms with Crippen LogP contribution in [0.5, 0.6) is 5.75 Å². The van der Waals surface area contributed by atoms with Gasteiger partial charge in [-0.05, 0) is 36.4 Å². The lowest BCUT2D eigenvalue weighted by Crippen LogP contribution is -2.12. The van der Waals surface area contributed by atoms with Crippen molar-refractivity contribution < 1.29 is 26.3 Å². The number of benzene rings is 2. The molecule has 0 bridgehead atoms. The summed E-state index contributed by atoms with van der Waals surface area (Å²) in [4.78, 5) is 8.85. The van der Waals surface area contributed by atoms with Crippen LogP contribution < -0.4 is 9.88 Å². The molecule has 0 unspecified atom stereocenters. The molecule has 0 saturated carbocycles. The normalized spacial score (nSPS) is 14.2. The molecule has 0 spiro atoms. The van der Waals surface area contributed by atoms with Gasteiger partial charge in [0, 0.05) is 18.2 Å². The maximum absolute atomic E-state index is 12.7. The molecule has 0 aliphatic carbocycles. The zero-order valence-electron chi connectivity index (χ0n) is 17.2. The Morgan fingerprint density at radius 1 is 1.15 bits per heavy atom. The quantitative estimate of drug-likeness (QED) is 0.588. The fraction of sp³-hybridized carbons (Fsp3) is 0.190. The molecule has 4 rings (SSSR count). The van der Waals surface area contributed by atoms with Gasteiger partial charge in [-0.2, -0.15) is 18.3 Å². The van der Waals surface area contributed by atoms with E-state index in [1.807, 2.05) is 0 Å². The number of sulfonamides is 1. The van der Waals surface area contributed by atoms with Crippen molar-refractivity contribution >= 4 is 21.6 Å². The topological polar surface area (TPSA) is 112 Å². The summed E-state index contributed by atoms with van der Waals surface area (Å²) in [7, 11) is -2.15. The summed E-state index contributed by atoms with van der Waals surface area (Å²) < 4.78 is 68.7. The van der Waals surface area contributed by atoms with Crippen molar-refractivity contribution in [3.8, 4) is 5.75 Å². The SMILES string of the molecule is Cn1ncc(C2=NC(c3cccc(S(N)(=O)=O)c3)=NC2)c1COc1ccc(C(F)(F)F)cc1. The first kappa shape index (κ1) is 22.7. The molecule has 1 aromatic heterocycles. The van der Waals surface area contributed by atoms with E-state index in [-0.39, 0.29) is 23.8 Å². The van der Waals surface area contributed by atoms with Crippen molar-refractivity contribution in [1.82, 2.24) is 9.78 Å². The lowest BCUT2D eigenvalue weighted by molar-refractivity contribution is -0.137. The summed E-state index contributed by atoms with van der Waals surface area (Å²) in [5.41, 5.74) is 1.68. The summed E-state index contributed by atoms with van der Waals surface area (Å²) >= 11 is 0.